The average Bonchev–Trinajstić information content (AvgIpc) is 3.38. The number of hydrogen-bond donors (Lipinski definition) is 1. The highest BCUT2D eigenvalue weighted by Crippen LogP contribution is 2.65. The number of benzene rings is 2. The van der Waals surface area contributed by atoms with E-state index < -0.39 is 0 Å². The number of rotatable bonds is 15. The maximum atomic E-state index is 13.6. The van der Waals surface area contributed by atoms with Gasteiger partial charge in [-0.2, -0.15) is 0 Å². The molecule has 4 aliphatic rings. The van der Waals surface area contributed by atoms with E-state index in [1.54, 1.807) is 13.2 Å². The number of hydrogen-bond acceptors (Lipinski definition) is 5. The maximum absolute atomic E-state index is 13.6. The molecule has 1 saturated heterocycles. The minimum absolute atomic E-state index is 0.0199. The molecule has 0 radical (unpaired) electrons. The summed E-state index contributed by atoms with van der Waals surface area (Å²) in [6, 6.07) is 12.9. The second-order valence-electron chi connectivity index (χ2n) is 13.7. The zero-order chi connectivity index (χ0) is 30.7. The molecule has 2 aliphatic heterocycles. The largest absolute Gasteiger partial charge is 0.508 e. The number of unbranched alkanes of at least 4 members (excludes halogenated alkanes) is 7. The van der Waals surface area contributed by atoms with Gasteiger partial charge in [-0.3, -0.25) is 9.69 Å². The van der Waals surface area contributed by atoms with Gasteiger partial charge in [0.2, 0.25) is 5.91 Å². The topological polar surface area (TPSA) is 62.2 Å². The Morgan fingerprint density at radius 3 is 2.57 bits per heavy atom. The van der Waals surface area contributed by atoms with E-state index >= 15 is 0 Å². The SMILES string of the molecule is C=CCN1CC[C@]23c4c5c(O)cc(OC)c4O[C@H]2[C@H](N(C)C(=O)CCCCCCCCCCc2ccccc2)CC[C@H]3[C@H]1C5. The second kappa shape index (κ2) is 13.6. The van der Waals surface area contributed by atoms with Gasteiger partial charge in [0.1, 0.15) is 11.9 Å². The minimum Gasteiger partial charge on any atom is -0.508 e. The van der Waals surface area contributed by atoms with Gasteiger partial charge in [-0.05, 0) is 63.0 Å². The lowest BCUT2D eigenvalue weighted by Crippen LogP contribution is -2.68. The standard InChI is InChI=1S/C38H52N2O4/c1-4-23-40-24-22-38-29-20-21-30(37(38)44-36-33(43-3)26-32(41)28(35(36)38)25-31(29)40)39(2)34(42)19-15-10-8-6-5-7-9-12-16-27-17-13-11-14-18-27/h4,11,13-14,17-18,26,29-31,37,41H,1,5-10,12,15-16,19-25H2,2-3H3/t29-,30+,31+,37-,38-/m0/s1. The van der Waals surface area contributed by atoms with Gasteiger partial charge in [0.05, 0.1) is 13.2 Å². The highest BCUT2D eigenvalue weighted by Gasteiger charge is 2.66. The number of aromatic hydroxyl groups is 1. The van der Waals surface area contributed by atoms with Crippen LogP contribution in [0.2, 0.25) is 0 Å². The lowest BCUT2D eigenvalue weighted by atomic mass is 9.51. The van der Waals surface area contributed by atoms with E-state index in [-0.39, 0.29) is 23.5 Å². The Kier molecular flexibility index (Phi) is 9.56. The minimum atomic E-state index is -0.199. The van der Waals surface area contributed by atoms with Crippen molar-refractivity contribution in [3.05, 3.63) is 65.7 Å². The van der Waals surface area contributed by atoms with Crippen LogP contribution in [0.4, 0.5) is 0 Å². The first-order valence-corrected chi connectivity index (χ1v) is 17.2. The molecular formula is C38H52N2O4. The van der Waals surface area contributed by atoms with Gasteiger partial charge in [-0.25, -0.2) is 0 Å². The van der Waals surface area contributed by atoms with E-state index in [9.17, 15) is 9.90 Å². The van der Waals surface area contributed by atoms with Crippen molar-refractivity contribution >= 4 is 5.91 Å². The van der Waals surface area contributed by atoms with Crippen LogP contribution in [-0.2, 0) is 23.1 Å². The molecule has 2 fully saturated rings. The molecule has 2 aliphatic carbocycles. The van der Waals surface area contributed by atoms with E-state index in [4.69, 9.17) is 9.47 Å². The summed E-state index contributed by atoms with van der Waals surface area (Å²) in [4.78, 5) is 18.1. The smallest absolute Gasteiger partial charge is 0.222 e. The number of ether oxygens (including phenoxy) is 2. The van der Waals surface area contributed by atoms with Gasteiger partial charge < -0.3 is 19.5 Å². The van der Waals surface area contributed by atoms with E-state index in [0.29, 0.717) is 29.9 Å². The number of aryl methyl sites for hydroxylation is 1. The van der Waals surface area contributed by atoms with E-state index in [1.807, 2.05) is 18.0 Å². The Bertz CT molecular complexity index is 1310. The van der Waals surface area contributed by atoms with E-state index in [0.717, 1.165) is 62.9 Å². The number of nitrogens with zero attached hydrogens (tertiary/aromatic N) is 2. The number of amides is 1. The Morgan fingerprint density at radius 2 is 1.84 bits per heavy atom. The monoisotopic (exact) mass is 600 g/mol. The molecule has 1 amide bonds. The van der Waals surface area contributed by atoms with Gasteiger partial charge in [0, 0.05) is 48.7 Å². The number of carbonyl (C=O) groups excluding carboxylic acids is 1. The highest BCUT2D eigenvalue weighted by atomic mass is 16.5. The number of phenols is 1. The lowest BCUT2D eigenvalue weighted by molar-refractivity contribution is -0.140. The summed E-state index contributed by atoms with van der Waals surface area (Å²) in [6.07, 6.45) is 17.2. The van der Waals surface area contributed by atoms with Crippen LogP contribution in [0.3, 0.4) is 0 Å². The number of likely N-dealkylation sites (N-methyl/N-ethyl adjacent to an activating group) is 1. The third-order valence-corrected chi connectivity index (χ3v) is 11.4. The van der Waals surface area contributed by atoms with Crippen LogP contribution in [0.25, 0.3) is 0 Å². The summed E-state index contributed by atoms with van der Waals surface area (Å²) in [5, 5.41) is 11.1. The van der Waals surface area contributed by atoms with Crippen LogP contribution >= 0.6 is 0 Å². The number of methoxy groups -OCH3 is 1. The average molecular weight is 601 g/mol. The molecule has 2 bridgehead atoms. The third-order valence-electron chi connectivity index (χ3n) is 11.4. The van der Waals surface area contributed by atoms with Crippen LogP contribution in [0, 0.1) is 5.92 Å². The first kappa shape index (κ1) is 31.0. The Morgan fingerprint density at radius 1 is 1.11 bits per heavy atom. The number of piperidine rings is 1. The molecule has 5 atom stereocenters. The van der Waals surface area contributed by atoms with Crippen LogP contribution in [0.1, 0.15) is 93.7 Å². The van der Waals surface area contributed by atoms with Gasteiger partial charge >= 0.3 is 0 Å². The number of likely N-dealkylation sites (tertiary alicyclic amines) is 1. The van der Waals surface area contributed by atoms with Crippen molar-refractivity contribution in [3.8, 4) is 17.2 Å². The number of carbonyl (C=O) groups is 1. The Balaban J connectivity index is 1.03. The quantitative estimate of drug-likeness (QED) is 0.173. The summed E-state index contributed by atoms with van der Waals surface area (Å²) in [5.74, 6) is 2.39. The maximum Gasteiger partial charge on any atom is 0.222 e. The number of phenolic OH excluding ortho intramolecular Hbond substituents is 1. The van der Waals surface area contributed by atoms with Crippen molar-refractivity contribution < 1.29 is 19.4 Å². The molecule has 2 aromatic rings. The van der Waals surface area contributed by atoms with Gasteiger partial charge in [0.15, 0.2) is 11.5 Å². The van der Waals surface area contributed by atoms with Crippen molar-refractivity contribution in [1.82, 2.24) is 9.80 Å². The fourth-order valence-electron chi connectivity index (χ4n) is 9.26. The predicted octanol–water partition coefficient (Wildman–Crippen LogP) is 7.21. The molecule has 1 N–H and O–H groups in total. The molecule has 2 aromatic carbocycles. The lowest BCUT2D eigenvalue weighted by Gasteiger charge is -2.60. The molecule has 0 unspecified atom stereocenters. The first-order valence-electron chi connectivity index (χ1n) is 17.2. The fraction of sp³-hybridized carbons (Fsp3) is 0.605. The van der Waals surface area contributed by atoms with Crippen molar-refractivity contribution in [1.29, 1.82) is 0 Å². The van der Waals surface area contributed by atoms with E-state index in [1.165, 1.54) is 56.1 Å². The molecule has 2 heterocycles. The molecule has 6 heteroatoms. The third kappa shape index (κ3) is 5.63. The fourth-order valence-corrected chi connectivity index (χ4v) is 9.26. The van der Waals surface area contributed by atoms with Gasteiger partial charge in [-0.1, -0.05) is 74.9 Å². The molecular weight excluding hydrogens is 548 g/mol. The van der Waals surface area contributed by atoms with Crippen molar-refractivity contribution in [2.45, 2.75) is 113 Å². The second-order valence-corrected chi connectivity index (χ2v) is 13.7. The molecule has 1 saturated carbocycles. The zero-order valence-corrected chi connectivity index (χ0v) is 26.9. The molecule has 0 aromatic heterocycles. The van der Waals surface area contributed by atoms with Crippen molar-refractivity contribution in [2.75, 3.05) is 27.2 Å². The summed E-state index contributed by atoms with van der Waals surface area (Å²) < 4.78 is 12.6. The van der Waals surface area contributed by atoms with Gasteiger partial charge in [-0.15, -0.1) is 6.58 Å². The molecule has 44 heavy (non-hydrogen) atoms. The van der Waals surface area contributed by atoms with E-state index in [2.05, 4.69) is 41.8 Å². The van der Waals surface area contributed by atoms with Crippen LogP contribution in [0.15, 0.2) is 49.1 Å². The summed E-state index contributed by atoms with van der Waals surface area (Å²) in [7, 11) is 3.64. The van der Waals surface area contributed by atoms with Gasteiger partial charge in [0.25, 0.3) is 0 Å². The Labute approximate surface area is 264 Å². The molecule has 1 spiro atoms. The molecule has 6 rings (SSSR count). The van der Waals surface area contributed by atoms with Crippen LogP contribution in [-0.4, -0.2) is 66.2 Å². The first-order chi connectivity index (χ1) is 21.5. The van der Waals surface area contributed by atoms with Crippen molar-refractivity contribution in [2.24, 2.45) is 5.92 Å². The Hall–Kier alpha value is -2.99. The predicted molar refractivity (Wildman–Crippen MR) is 176 cm³/mol. The summed E-state index contributed by atoms with van der Waals surface area (Å²) >= 11 is 0. The summed E-state index contributed by atoms with van der Waals surface area (Å²) in [5.41, 5.74) is 3.43. The highest BCUT2D eigenvalue weighted by molar-refractivity contribution is 5.76. The van der Waals surface area contributed by atoms with Crippen molar-refractivity contribution in [3.63, 3.8) is 0 Å². The summed E-state index contributed by atoms with van der Waals surface area (Å²) in [6.45, 7) is 5.85. The van der Waals surface area contributed by atoms with Crippen LogP contribution in [0.5, 0.6) is 17.2 Å². The normalized spacial score (nSPS) is 26.5. The molecule has 238 valence electrons. The zero-order valence-electron chi connectivity index (χ0n) is 26.9. The molecule has 6 nitrogen and oxygen atoms in total. The van der Waals surface area contributed by atoms with Crippen LogP contribution < -0.4 is 9.47 Å².